The van der Waals surface area contributed by atoms with E-state index in [0.717, 1.165) is 11.1 Å². The molecular weight excluding hydrogens is 523 g/mol. The molecule has 0 aliphatic heterocycles. The molecule has 3 aromatic rings. The van der Waals surface area contributed by atoms with Crippen LogP contribution in [-0.4, -0.2) is 17.9 Å². The third-order valence-electron chi connectivity index (χ3n) is 6.69. The summed E-state index contributed by atoms with van der Waals surface area (Å²) >= 11 is 0. The van der Waals surface area contributed by atoms with E-state index >= 15 is 4.39 Å². The SMILES string of the molecule is C=C(C)C(=O)Oc1cccc(-c2ccc(-c3ccc(OC(=O)C(=C)C)c4c3CCC4OC(=O)C(C)(C)C)cc2F)c1. The number of carbonyl (C=O) groups is 3. The van der Waals surface area contributed by atoms with Crippen LogP contribution in [0.4, 0.5) is 4.39 Å². The van der Waals surface area contributed by atoms with Crippen molar-refractivity contribution in [3.63, 3.8) is 0 Å². The molecule has 0 N–H and O–H groups in total. The zero-order chi connectivity index (χ0) is 30.1. The molecule has 0 heterocycles. The highest BCUT2D eigenvalue weighted by Gasteiger charge is 2.35. The molecule has 0 fully saturated rings. The molecule has 6 nitrogen and oxygen atoms in total. The molecule has 0 saturated heterocycles. The van der Waals surface area contributed by atoms with Crippen molar-refractivity contribution in [1.82, 2.24) is 0 Å². The van der Waals surface area contributed by atoms with Crippen molar-refractivity contribution in [3.05, 3.63) is 95.8 Å². The van der Waals surface area contributed by atoms with Gasteiger partial charge in [-0.05, 0) is 94.0 Å². The van der Waals surface area contributed by atoms with Crippen LogP contribution in [-0.2, 0) is 25.5 Å². The summed E-state index contributed by atoms with van der Waals surface area (Å²) in [5, 5.41) is 0. The van der Waals surface area contributed by atoms with Gasteiger partial charge in [-0.25, -0.2) is 14.0 Å². The summed E-state index contributed by atoms with van der Waals surface area (Å²) in [5.74, 6) is -1.41. The zero-order valence-corrected chi connectivity index (χ0v) is 23.9. The van der Waals surface area contributed by atoms with Crippen molar-refractivity contribution in [3.8, 4) is 33.8 Å². The lowest BCUT2D eigenvalue weighted by atomic mass is 9.93. The van der Waals surface area contributed by atoms with Crippen LogP contribution in [0.3, 0.4) is 0 Å². The average molecular weight is 557 g/mol. The van der Waals surface area contributed by atoms with Gasteiger partial charge in [-0.1, -0.05) is 43.5 Å². The van der Waals surface area contributed by atoms with E-state index < -0.39 is 29.3 Å². The van der Waals surface area contributed by atoms with Gasteiger partial charge in [0.15, 0.2) is 0 Å². The summed E-state index contributed by atoms with van der Waals surface area (Å²) in [4.78, 5) is 37.0. The van der Waals surface area contributed by atoms with Gasteiger partial charge in [-0.2, -0.15) is 0 Å². The van der Waals surface area contributed by atoms with E-state index in [1.54, 1.807) is 83.1 Å². The molecule has 1 aliphatic rings. The Balaban J connectivity index is 1.72. The van der Waals surface area contributed by atoms with Crippen LogP contribution >= 0.6 is 0 Å². The molecule has 0 bridgehead atoms. The van der Waals surface area contributed by atoms with E-state index in [4.69, 9.17) is 14.2 Å². The Morgan fingerprint density at radius 2 is 1.49 bits per heavy atom. The standard InChI is InChI=1S/C34H33FO6/c1-19(2)31(36)39-23-10-8-9-21(17-23)25-12-11-22(18-27(25)35)24-13-15-28(40-32(37)20(3)4)30-26(24)14-16-29(30)41-33(38)34(5,6)7/h8-13,15,17-18,29H,1,3,14,16H2,2,4-7H3. The lowest BCUT2D eigenvalue weighted by molar-refractivity contribution is -0.159. The maximum absolute atomic E-state index is 15.5. The second-order valence-electron chi connectivity index (χ2n) is 11.2. The molecule has 7 heteroatoms. The normalized spacial score (nSPS) is 14.1. The van der Waals surface area contributed by atoms with Gasteiger partial charge in [0.2, 0.25) is 0 Å². The highest BCUT2D eigenvalue weighted by Crippen LogP contribution is 2.46. The van der Waals surface area contributed by atoms with Crippen molar-refractivity contribution in [2.75, 3.05) is 0 Å². The van der Waals surface area contributed by atoms with Gasteiger partial charge in [-0.15, -0.1) is 0 Å². The monoisotopic (exact) mass is 556 g/mol. The molecule has 1 aliphatic carbocycles. The van der Waals surface area contributed by atoms with Crippen molar-refractivity contribution in [2.24, 2.45) is 5.41 Å². The number of hydrogen-bond donors (Lipinski definition) is 0. The van der Waals surface area contributed by atoms with Crippen LogP contribution in [0, 0.1) is 11.2 Å². The number of carbonyl (C=O) groups excluding carboxylic acids is 3. The molecule has 1 atom stereocenters. The minimum absolute atomic E-state index is 0.236. The first kappa shape index (κ1) is 29.5. The first-order chi connectivity index (χ1) is 19.3. The van der Waals surface area contributed by atoms with E-state index in [1.807, 2.05) is 0 Å². The smallest absolute Gasteiger partial charge is 0.338 e. The Bertz CT molecular complexity index is 1580. The van der Waals surface area contributed by atoms with E-state index in [-0.39, 0.29) is 22.9 Å². The minimum Gasteiger partial charge on any atom is -0.457 e. The fraction of sp³-hybridized carbons (Fsp3) is 0.265. The van der Waals surface area contributed by atoms with Crippen molar-refractivity contribution >= 4 is 17.9 Å². The van der Waals surface area contributed by atoms with Crippen LogP contribution < -0.4 is 9.47 Å². The molecule has 0 saturated carbocycles. The van der Waals surface area contributed by atoms with Gasteiger partial charge in [-0.3, -0.25) is 4.79 Å². The second-order valence-corrected chi connectivity index (χ2v) is 11.2. The van der Waals surface area contributed by atoms with E-state index in [2.05, 4.69) is 13.2 Å². The Morgan fingerprint density at radius 1 is 0.854 bits per heavy atom. The summed E-state index contributed by atoms with van der Waals surface area (Å²) in [6.45, 7) is 15.6. The van der Waals surface area contributed by atoms with Crippen LogP contribution in [0.25, 0.3) is 22.3 Å². The first-order valence-corrected chi connectivity index (χ1v) is 13.3. The topological polar surface area (TPSA) is 78.9 Å². The van der Waals surface area contributed by atoms with E-state index in [1.165, 1.54) is 6.07 Å². The molecule has 0 aromatic heterocycles. The maximum Gasteiger partial charge on any atom is 0.338 e. The highest BCUT2D eigenvalue weighted by molar-refractivity contribution is 5.90. The van der Waals surface area contributed by atoms with Gasteiger partial charge in [0.25, 0.3) is 0 Å². The van der Waals surface area contributed by atoms with Gasteiger partial charge >= 0.3 is 17.9 Å². The fourth-order valence-corrected chi connectivity index (χ4v) is 4.49. The minimum atomic E-state index is -0.714. The Kier molecular flexibility index (Phi) is 8.29. The molecule has 41 heavy (non-hydrogen) atoms. The molecule has 3 aromatic carbocycles. The average Bonchev–Trinajstić information content (AvgIpc) is 3.32. The third kappa shape index (κ3) is 6.46. The Hall–Kier alpha value is -4.52. The summed E-state index contributed by atoms with van der Waals surface area (Å²) in [6, 6.07) is 14.9. The lowest BCUT2D eigenvalue weighted by Crippen LogP contribution is -2.24. The fourth-order valence-electron chi connectivity index (χ4n) is 4.49. The predicted octanol–water partition coefficient (Wildman–Crippen LogP) is 7.70. The van der Waals surface area contributed by atoms with Crippen LogP contribution in [0.1, 0.15) is 58.3 Å². The zero-order valence-electron chi connectivity index (χ0n) is 23.9. The molecule has 0 amide bonds. The Labute approximate surface area is 239 Å². The second kappa shape index (κ2) is 11.5. The number of ether oxygens (including phenoxy) is 3. The van der Waals surface area contributed by atoms with Crippen LogP contribution in [0.5, 0.6) is 11.5 Å². The van der Waals surface area contributed by atoms with Gasteiger partial charge in [0.1, 0.15) is 23.4 Å². The summed E-state index contributed by atoms with van der Waals surface area (Å²) in [5.41, 5.74) is 3.45. The van der Waals surface area contributed by atoms with Crippen molar-refractivity contribution in [2.45, 2.75) is 53.6 Å². The van der Waals surface area contributed by atoms with Gasteiger partial charge in [0.05, 0.1) is 5.41 Å². The van der Waals surface area contributed by atoms with E-state index in [0.29, 0.717) is 40.8 Å². The molecule has 1 unspecified atom stereocenters. The lowest BCUT2D eigenvalue weighted by Gasteiger charge is -2.23. The van der Waals surface area contributed by atoms with Gasteiger partial charge < -0.3 is 14.2 Å². The summed E-state index contributed by atoms with van der Waals surface area (Å²) < 4.78 is 32.3. The van der Waals surface area contributed by atoms with Crippen molar-refractivity contribution < 1.29 is 33.0 Å². The number of halogens is 1. The highest BCUT2D eigenvalue weighted by atomic mass is 19.1. The van der Waals surface area contributed by atoms with E-state index in [9.17, 15) is 14.4 Å². The summed E-state index contributed by atoms with van der Waals surface area (Å²) in [6.07, 6.45) is 0.436. The largest absolute Gasteiger partial charge is 0.457 e. The first-order valence-electron chi connectivity index (χ1n) is 13.3. The molecular formula is C34H33FO6. The number of benzene rings is 3. The maximum atomic E-state index is 15.5. The molecule has 212 valence electrons. The predicted molar refractivity (Wildman–Crippen MR) is 155 cm³/mol. The van der Waals surface area contributed by atoms with Crippen LogP contribution in [0.2, 0.25) is 0 Å². The third-order valence-corrected chi connectivity index (χ3v) is 6.69. The number of hydrogen-bond acceptors (Lipinski definition) is 6. The number of fused-ring (bicyclic) bond motifs is 1. The number of rotatable bonds is 7. The Morgan fingerprint density at radius 3 is 2.12 bits per heavy atom. The van der Waals surface area contributed by atoms with Crippen molar-refractivity contribution in [1.29, 1.82) is 0 Å². The molecule has 0 spiro atoms. The summed E-state index contributed by atoms with van der Waals surface area (Å²) in [7, 11) is 0. The number of esters is 3. The van der Waals surface area contributed by atoms with Crippen LogP contribution in [0.15, 0.2) is 78.9 Å². The van der Waals surface area contributed by atoms with Gasteiger partial charge in [0, 0.05) is 22.3 Å². The molecule has 0 radical (unpaired) electrons. The molecule has 4 rings (SSSR count). The quantitative estimate of drug-likeness (QED) is 0.169.